The Bertz CT molecular complexity index is 896. The van der Waals surface area contributed by atoms with Crippen LogP contribution in [0.5, 0.6) is 0 Å². The Hall–Kier alpha value is -2.29. The van der Waals surface area contributed by atoms with Crippen molar-refractivity contribution in [2.45, 2.75) is 13.8 Å². The number of aryl methyl sites for hydroxylation is 2. The van der Waals surface area contributed by atoms with E-state index in [0.717, 1.165) is 16.7 Å². The molecule has 4 rings (SSSR count). The van der Waals surface area contributed by atoms with Gasteiger partial charge in [-0.2, -0.15) is 0 Å². The highest BCUT2D eigenvalue weighted by molar-refractivity contribution is 5.87. The van der Waals surface area contributed by atoms with Crippen molar-refractivity contribution >= 4 is 22.2 Å². The quantitative estimate of drug-likeness (QED) is 0.458. The van der Waals surface area contributed by atoms with Gasteiger partial charge in [0.1, 0.15) is 0 Å². The monoisotopic (exact) mass is 235 g/mol. The van der Waals surface area contributed by atoms with Crippen molar-refractivity contribution in [3.63, 3.8) is 0 Å². The van der Waals surface area contributed by atoms with Gasteiger partial charge in [-0.15, -0.1) is 0 Å². The Kier molecular flexibility index (Phi) is 1.69. The standard InChI is InChI=1S/C15H13N3/c1-10-5-6-13-12(8-10)16-15-14-4-3-7-17(14)9-11(2)18(13)15/h3-9H,1-2H3. The van der Waals surface area contributed by atoms with E-state index in [9.17, 15) is 0 Å². The van der Waals surface area contributed by atoms with Crippen LogP contribution in [0.15, 0.2) is 42.7 Å². The van der Waals surface area contributed by atoms with Gasteiger partial charge >= 0.3 is 0 Å². The summed E-state index contributed by atoms with van der Waals surface area (Å²) >= 11 is 0. The molecule has 0 atom stereocenters. The third-order valence-electron chi connectivity index (χ3n) is 3.50. The lowest BCUT2D eigenvalue weighted by atomic mass is 10.2. The van der Waals surface area contributed by atoms with Crippen molar-refractivity contribution in [3.8, 4) is 0 Å². The maximum Gasteiger partial charge on any atom is 0.162 e. The van der Waals surface area contributed by atoms with Crippen molar-refractivity contribution < 1.29 is 0 Å². The fourth-order valence-electron chi connectivity index (χ4n) is 2.67. The van der Waals surface area contributed by atoms with Gasteiger partial charge in [-0.1, -0.05) is 6.07 Å². The SMILES string of the molecule is Cc1ccc2c(c1)nc1c3cccn3cc(C)n21. The minimum absolute atomic E-state index is 1.03. The highest BCUT2D eigenvalue weighted by Gasteiger charge is 2.10. The first kappa shape index (κ1) is 9.71. The molecule has 88 valence electrons. The zero-order valence-electron chi connectivity index (χ0n) is 10.4. The Labute approximate surface area is 104 Å². The lowest BCUT2D eigenvalue weighted by Crippen LogP contribution is -1.95. The number of benzene rings is 1. The topological polar surface area (TPSA) is 21.7 Å². The maximum absolute atomic E-state index is 4.78. The molecule has 0 radical (unpaired) electrons. The summed E-state index contributed by atoms with van der Waals surface area (Å²) in [5, 5.41) is 0. The molecule has 1 aromatic carbocycles. The molecule has 0 amide bonds. The van der Waals surface area contributed by atoms with Gasteiger partial charge in [0.25, 0.3) is 0 Å². The fraction of sp³-hybridized carbons (Fsp3) is 0.133. The van der Waals surface area contributed by atoms with Gasteiger partial charge in [-0.3, -0.25) is 4.40 Å². The van der Waals surface area contributed by atoms with E-state index in [1.165, 1.54) is 16.8 Å². The van der Waals surface area contributed by atoms with Crippen LogP contribution >= 0.6 is 0 Å². The molecule has 0 saturated carbocycles. The molecule has 0 N–H and O–H groups in total. The highest BCUT2D eigenvalue weighted by Crippen LogP contribution is 2.23. The summed E-state index contributed by atoms with van der Waals surface area (Å²) in [4.78, 5) is 4.78. The van der Waals surface area contributed by atoms with E-state index in [0.29, 0.717) is 0 Å². The summed E-state index contributed by atoms with van der Waals surface area (Å²) in [7, 11) is 0. The number of nitrogens with zero attached hydrogens (tertiary/aromatic N) is 3. The molecule has 0 saturated heterocycles. The van der Waals surface area contributed by atoms with Crippen LogP contribution in [-0.2, 0) is 0 Å². The maximum atomic E-state index is 4.78. The lowest BCUT2D eigenvalue weighted by Gasteiger charge is -2.04. The van der Waals surface area contributed by atoms with Gasteiger partial charge < -0.3 is 4.40 Å². The normalized spacial score (nSPS) is 11.9. The van der Waals surface area contributed by atoms with Crippen LogP contribution in [0.2, 0.25) is 0 Å². The summed E-state index contributed by atoms with van der Waals surface area (Å²) in [5.41, 5.74) is 6.86. The summed E-state index contributed by atoms with van der Waals surface area (Å²) in [6, 6.07) is 10.6. The molecule has 0 aliphatic rings. The van der Waals surface area contributed by atoms with E-state index < -0.39 is 0 Å². The minimum Gasteiger partial charge on any atom is -0.319 e. The Morgan fingerprint density at radius 2 is 1.94 bits per heavy atom. The van der Waals surface area contributed by atoms with Gasteiger partial charge in [0.2, 0.25) is 0 Å². The minimum atomic E-state index is 1.03. The molecular weight excluding hydrogens is 222 g/mol. The van der Waals surface area contributed by atoms with Gasteiger partial charge in [-0.25, -0.2) is 4.98 Å². The third-order valence-corrected chi connectivity index (χ3v) is 3.50. The molecule has 0 aliphatic heterocycles. The van der Waals surface area contributed by atoms with Crippen molar-refractivity contribution in [2.75, 3.05) is 0 Å². The summed E-state index contributed by atoms with van der Waals surface area (Å²) in [6.07, 6.45) is 4.20. The molecule has 3 heterocycles. The number of fused-ring (bicyclic) bond motifs is 5. The van der Waals surface area contributed by atoms with E-state index in [1.54, 1.807) is 0 Å². The van der Waals surface area contributed by atoms with Gasteiger partial charge in [-0.05, 0) is 43.7 Å². The van der Waals surface area contributed by atoms with Crippen LogP contribution < -0.4 is 0 Å². The van der Waals surface area contributed by atoms with Crippen molar-refractivity contribution in [1.82, 2.24) is 13.8 Å². The number of imidazole rings is 1. The Morgan fingerprint density at radius 3 is 2.83 bits per heavy atom. The summed E-state index contributed by atoms with van der Waals surface area (Å²) in [6.45, 7) is 4.22. The van der Waals surface area contributed by atoms with E-state index in [-0.39, 0.29) is 0 Å². The highest BCUT2D eigenvalue weighted by atomic mass is 15.1. The smallest absolute Gasteiger partial charge is 0.162 e. The molecule has 0 bridgehead atoms. The predicted octanol–water partition coefficient (Wildman–Crippen LogP) is 3.36. The molecule has 3 nitrogen and oxygen atoms in total. The number of hydrogen-bond donors (Lipinski definition) is 0. The number of hydrogen-bond acceptors (Lipinski definition) is 1. The van der Waals surface area contributed by atoms with E-state index >= 15 is 0 Å². The largest absolute Gasteiger partial charge is 0.319 e. The van der Waals surface area contributed by atoms with Crippen molar-refractivity contribution in [2.24, 2.45) is 0 Å². The van der Waals surface area contributed by atoms with Crippen LogP contribution in [-0.4, -0.2) is 13.8 Å². The lowest BCUT2D eigenvalue weighted by molar-refractivity contribution is 1.05. The van der Waals surface area contributed by atoms with Gasteiger partial charge in [0.05, 0.1) is 16.6 Å². The Morgan fingerprint density at radius 1 is 1.06 bits per heavy atom. The second-order valence-electron chi connectivity index (χ2n) is 4.83. The summed E-state index contributed by atoms with van der Waals surface area (Å²) < 4.78 is 4.35. The number of rotatable bonds is 0. The van der Waals surface area contributed by atoms with Crippen LogP contribution in [0.3, 0.4) is 0 Å². The van der Waals surface area contributed by atoms with Crippen molar-refractivity contribution in [1.29, 1.82) is 0 Å². The van der Waals surface area contributed by atoms with Gasteiger partial charge in [0.15, 0.2) is 5.65 Å². The van der Waals surface area contributed by atoms with Crippen LogP contribution in [0.4, 0.5) is 0 Å². The third kappa shape index (κ3) is 1.11. The molecule has 0 unspecified atom stereocenters. The zero-order valence-corrected chi connectivity index (χ0v) is 10.4. The van der Waals surface area contributed by atoms with E-state index in [4.69, 9.17) is 4.98 Å². The first-order chi connectivity index (χ1) is 8.74. The zero-order chi connectivity index (χ0) is 12.3. The van der Waals surface area contributed by atoms with Gasteiger partial charge in [0, 0.05) is 18.1 Å². The second-order valence-corrected chi connectivity index (χ2v) is 4.83. The average Bonchev–Trinajstić information content (AvgIpc) is 2.91. The van der Waals surface area contributed by atoms with Crippen molar-refractivity contribution in [3.05, 3.63) is 54.0 Å². The Balaban J connectivity index is 2.35. The van der Waals surface area contributed by atoms with Crippen LogP contribution in [0.1, 0.15) is 11.3 Å². The molecule has 0 spiro atoms. The van der Waals surface area contributed by atoms with E-state index in [1.807, 2.05) is 0 Å². The fourth-order valence-corrected chi connectivity index (χ4v) is 2.67. The molecule has 3 heteroatoms. The molecule has 18 heavy (non-hydrogen) atoms. The second kappa shape index (κ2) is 3.13. The average molecular weight is 235 g/mol. The molecular formula is C15H13N3. The molecule has 0 aliphatic carbocycles. The summed E-state index contributed by atoms with van der Waals surface area (Å²) in [5.74, 6) is 0. The first-order valence-corrected chi connectivity index (χ1v) is 6.09. The van der Waals surface area contributed by atoms with Crippen LogP contribution in [0.25, 0.3) is 22.2 Å². The molecule has 4 aromatic rings. The predicted molar refractivity (Wildman–Crippen MR) is 73.1 cm³/mol. The van der Waals surface area contributed by atoms with E-state index in [2.05, 4.69) is 65.4 Å². The number of aromatic nitrogens is 3. The molecule has 3 aromatic heterocycles. The van der Waals surface area contributed by atoms with Crippen LogP contribution in [0, 0.1) is 13.8 Å². The molecule has 0 fully saturated rings. The first-order valence-electron chi connectivity index (χ1n) is 6.09.